The first-order valence-corrected chi connectivity index (χ1v) is 8.61. The Morgan fingerprint density at radius 2 is 2.13 bits per heavy atom. The standard InChI is InChI=1S/C18H28N4O/c1-14(2)17(18-19-8-11-21(18)3)20-15-6-9-22(10-7-15)13-16-5-4-12-23-16/h4-5,8,11-12,14-15,17,20H,6-7,9-10,13H2,1-3H3. The fourth-order valence-corrected chi connectivity index (χ4v) is 3.38. The minimum Gasteiger partial charge on any atom is -0.468 e. The zero-order valence-electron chi connectivity index (χ0n) is 14.4. The van der Waals surface area contributed by atoms with Crippen molar-refractivity contribution in [3.8, 4) is 0 Å². The Bertz CT molecular complexity index is 582. The van der Waals surface area contributed by atoms with Crippen molar-refractivity contribution >= 4 is 0 Å². The van der Waals surface area contributed by atoms with Crippen molar-refractivity contribution in [2.24, 2.45) is 13.0 Å². The van der Waals surface area contributed by atoms with Crippen molar-refractivity contribution in [1.82, 2.24) is 19.8 Å². The van der Waals surface area contributed by atoms with Gasteiger partial charge in [-0.3, -0.25) is 4.90 Å². The van der Waals surface area contributed by atoms with Crippen molar-refractivity contribution in [3.63, 3.8) is 0 Å². The molecule has 1 aliphatic rings. The second-order valence-corrected chi connectivity index (χ2v) is 6.91. The van der Waals surface area contributed by atoms with Crippen LogP contribution < -0.4 is 5.32 Å². The molecule has 0 spiro atoms. The Hall–Kier alpha value is -1.59. The van der Waals surface area contributed by atoms with Gasteiger partial charge in [-0.05, 0) is 30.9 Å². The summed E-state index contributed by atoms with van der Waals surface area (Å²) in [5, 5.41) is 3.84. The predicted molar refractivity (Wildman–Crippen MR) is 90.9 cm³/mol. The van der Waals surface area contributed by atoms with Gasteiger partial charge in [0.15, 0.2) is 0 Å². The SMILES string of the molecule is CC(C)C(NC1CCN(Cc2ccco2)CC1)c1nccn1C. The zero-order chi connectivity index (χ0) is 16.2. The van der Waals surface area contributed by atoms with Crippen molar-refractivity contribution in [3.05, 3.63) is 42.4 Å². The normalized spacial score (nSPS) is 18.6. The molecule has 3 heterocycles. The van der Waals surface area contributed by atoms with Crippen LogP contribution >= 0.6 is 0 Å². The molecule has 0 saturated carbocycles. The summed E-state index contributed by atoms with van der Waals surface area (Å²) in [6.45, 7) is 7.68. The highest BCUT2D eigenvalue weighted by molar-refractivity contribution is 5.02. The molecular formula is C18H28N4O. The lowest BCUT2D eigenvalue weighted by atomic mass is 9.98. The molecule has 1 fully saturated rings. The number of aryl methyl sites for hydroxylation is 1. The largest absolute Gasteiger partial charge is 0.468 e. The minimum absolute atomic E-state index is 0.316. The van der Waals surface area contributed by atoms with Crippen LogP contribution in [0, 0.1) is 5.92 Å². The van der Waals surface area contributed by atoms with Gasteiger partial charge in [-0.15, -0.1) is 0 Å². The smallest absolute Gasteiger partial charge is 0.125 e. The molecule has 0 bridgehead atoms. The summed E-state index contributed by atoms with van der Waals surface area (Å²) in [5.41, 5.74) is 0. The van der Waals surface area contributed by atoms with Crippen molar-refractivity contribution in [1.29, 1.82) is 0 Å². The van der Waals surface area contributed by atoms with E-state index in [1.165, 1.54) is 12.8 Å². The lowest BCUT2D eigenvalue weighted by molar-refractivity contribution is 0.166. The van der Waals surface area contributed by atoms with E-state index in [-0.39, 0.29) is 0 Å². The molecule has 5 nitrogen and oxygen atoms in total. The third kappa shape index (κ3) is 4.03. The molecule has 126 valence electrons. The van der Waals surface area contributed by atoms with Crippen molar-refractivity contribution in [2.75, 3.05) is 13.1 Å². The van der Waals surface area contributed by atoms with Gasteiger partial charge in [-0.2, -0.15) is 0 Å². The summed E-state index contributed by atoms with van der Waals surface area (Å²) in [6, 6.07) is 4.90. The molecule has 23 heavy (non-hydrogen) atoms. The average molecular weight is 316 g/mol. The molecule has 2 aromatic rings. The lowest BCUT2D eigenvalue weighted by Crippen LogP contribution is -2.44. The number of likely N-dealkylation sites (tertiary alicyclic amines) is 1. The summed E-state index contributed by atoms with van der Waals surface area (Å²) >= 11 is 0. The van der Waals surface area contributed by atoms with Gasteiger partial charge >= 0.3 is 0 Å². The number of imidazole rings is 1. The van der Waals surface area contributed by atoms with Gasteiger partial charge in [0.1, 0.15) is 11.6 Å². The van der Waals surface area contributed by atoms with Crippen LogP contribution in [-0.2, 0) is 13.6 Å². The van der Waals surface area contributed by atoms with E-state index in [0.717, 1.165) is 31.2 Å². The van der Waals surface area contributed by atoms with Gasteiger partial charge in [-0.1, -0.05) is 13.8 Å². The third-order valence-corrected chi connectivity index (χ3v) is 4.77. The van der Waals surface area contributed by atoms with Crippen LogP contribution in [-0.4, -0.2) is 33.6 Å². The van der Waals surface area contributed by atoms with Gasteiger partial charge in [0.25, 0.3) is 0 Å². The highest BCUT2D eigenvalue weighted by Gasteiger charge is 2.26. The van der Waals surface area contributed by atoms with Crippen LogP contribution in [0.3, 0.4) is 0 Å². The van der Waals surface area contributed by atoms with Crippen LogP contribution in [0.4, 0.5) is 0 Å². The Balaban J connectivity index is 1.53. The van der Waals surface area contributed by atoms with E-state index in [4.69, 9.17) is 4.42 Å². The molecular weight excluding hydrogens is 288 g/mol. The highest BCUT2D eigenvalue weighted by atomic mass is 16.3. The van der Waals surface area contributed by atoms with E-state index in [1.807, 2.05) is 18.5 Å². The maximum atomic E-state index is 5.45. The van der Waals surface area contributed by atoms with E-state index in [9.17, 15) is 0 Å². The van der Waals surface area contributed by atoms with E-state index in [0.29, 0.717) is 18.0 Å². The Morgan fingerprint density at radius 1 is 1.35 bits per heavy atom. The third-order valence-electron chi connectivity index (χ3n) is 4.77. The molecule has 1 aliphatic heterocycles. The van der Waals surface area contributed by atoms with Gasteiger partial charge in [0, 0.05) is 38.6 Å². The maximum absolute atomic E-state index is 5.45. The Labute approximate surface area is 138 Å². The molecule has 1 N–H and O–H groups in total. The summed E-state index contributed by atoms with van der Waals surface area (Å²) in [6.07, 6.45) is 8.02. The Kier molecular flexibility index (Phi) is 5.18. The molecule has 0 radical (unpaired) electrons. The minimum atomic E-state index is 0.316. The first-order chi connectivity index (χ1) is 11.1. The monoisotopic (exact) mass is 316 g/mol. The molecule has 1 unspecified atom stereocenters. The number of rotatable bonds is 6. The number of hydrogen-bond donors (Lipinski definition) is 1. The quantitative estimate of drug-likeness (QED) is 0.890. The van der Waals surface area contributed by atoms with Crippen LogP contribution in [0.15, 0.2) is 35.2 Å². The maximum Gasteiger partial charge on any atom is 0.125 e. The molecule has 0 amide bonds. The topological polar surface area (TPSA) is 46.2 Å². The second kappa shape index (κ2) is 7.32. The summed E-state index contributed by atoms with van der Waals surface area (Å²) in [5.74, 6) is 2.72. The highest BCUT2D eigenvalue weighted by Crippen LogP contribution is 2.23. The fraction of sp³-hybridized carbons (Fsp3) is 0.611. The summed E-state index contributed by atoms with van der Waals surface area (Å²) < 4.78 is 7.58. The molecule has 1 atom stereocenters. The number of piperidine rings is 1. The zero-order valence-corrected chi connectivity index (χ0v) is 14.4. The van der Waals surface area contributed by atoms with Crippen molar-refractivity contribution < 1.29 is 4.42 Å². The lowest BCUT2D eigenvalue weighted by Gasteiger charge is -2.35. The molecule has 1 saturated heterocycles. The van der Waals surface area contributed by atoms with Gasteiger partial charge in [0.2, 0.25) is 0 Å². The van der Waals surface area contributed by atoms with Gasteiger partial charge in [-0.25, -0.2) is 4.98 Å². The first kappa shape index (κ1) is 16.3. The Morgan fingerprint density at radius 3 is 2.70 bits per heavy atom. The van der Waals surface area contributed by atoms with Gasteiger partial charge in [0.05, 0.1) is 18.8 Å². The first-order valence-electron chi connectivity index (χ1n) is 8.61. The number of nitrogens with one attached hydrogen (secondary N) is 1. The van der Waals surface area contributed by atoms with Crippen LogP contribution in [0.5, 0.6) is 0 Å². The van der Waals surface area contributed by atoms with Gasteiger partial charge < -0.3 is 14.3 Å². The van der Waals surface area contributed by atoms with Crippen LogP contribution in [0.25, 0.3) is 0 Å². The molecule has 5 heteroatoms. The van der Waals surface area contributed by atoms with Crippen molar-refractivity contribution in [2.45, 2.75) is 45.3 Å². The van der Waals surface area contributed by atoms with E-state index in [1.54, 1.807) is 6.26 Å². The average Bonchev–Trinajstić information content (AvgIpc) is 3.18. The number of aromatic nitrogens is 2. The number of nitrogens with zero attached hydrogens (tertiary/aromatic N) is 3. The summed E-state index contributed by atoms with van der Waals surface area (Å²) in [4.78, 5) is 7.02. The van der Waals surface area contributed by atoms with Crippen LogP contribution in [0.1, 0.15) is 44.3 Å². The molecule has 0 aromatic carbocycles. The second-order valence-electron chi connectivity index (χ2n) is 6.91. The van der Waals surface area contributed by atoms with E-state index >= 15 is 0 Å². The predicted octanol–water partition coefficient (Wildman–Crippen LogP) is 2.96. The van der Waals surface area contributed by atoms with E-state index < -0.39 is 0 Å². The summed E-state index contributed by atoms with van der Waals surface area (Å²) in [7, 11) is 2.07. The number of hydrogen-bond acceptors (Lipinski definition) is 4. The molecule has 2 aromatic heterocycles. The number of furan rings is 1. The molecule has 0 aliphatic carbocycles. The fourth-order valence-electron chi connectivity index (χ4n) is 3.38. The molecule has 3 rings (SSSR count). The van der Waals surface area contributed by atoms with E-state index in [2.05, 4.69) is 46.7 Å². The van der Waals surface area contributed by atoms with Crippen LogP contribution in [0.2, 0.25) is 0 Å².